The first kappa shape index (κ1) is 13.1. The van der Waals surface area contributed by atoms with E-state index < -0.39 is 0 Å². The van der Waals surface area contributed by atoms with Gasteiger partial charge in [0.2, 0.25) is 0 Å². The molecule has 0 saturated heterocycles. The first-order valence-electron chi connectivity index (χ1n) is 5.18. The Balaban J connectivity index is 2.56. The van der Waals surface area contributed by atoms with Gasteiger partial charge in [-0.2, -0.15) is 3.89 Å². The average Bonchev–Trinajstić information content (AvgIpc) is 2.30. The Hall–Kier alpha value is -0.980. The highest BCUT2D eigenvalue weighted by Crippen LogP contribution is 2.19. The summed E-state index contributed by atoms with van der Waals surface area (Å²) in [5.41, 5.74) is 1.20. The largest absolute Gasteiger partial charge is 0.292 e. The van der Waals surface area contributed by atoms with Crippen molar-refractivity contribution in [2.45, 2.75) is 24.3 Å². The van der Waals surface area contributed by atoms with Crippen molar-refractivity contribution in [3.8, 4) is 12.3 Å². The lowest BCUT2D eigenvalue weighted by atomic mass is 10.1. The van der Waals surface area contributed by atoms with E-state index in [1.807, 2.05) is 19.2 Å². The fourth-order valence-electron chi connectivity index (χ4n) is 1.47. The number of terminal acetylenes is 1. The minimum atomic E-state index is 0.274. The van der Waals surface area contributed by atoms with Gasteiger partial charge in [0.05, 0.1) is 18.7 Å². The van der Waals surface area contributed by atoms with E-state index in [1.165, 1.54) is 5.56 Å². The molecular formula is C13H16FNS. The van der Waals surface area contributed by atoms with Crippen LogP contribution in [0.3, 0.4) is 0 Å². The van der Waals surface area contributed by atoms with Crippen LogP contribution < -0.4 is 0 Å². The standard InChI is InChI=1S/C13H16FNS/c1-4-9-15(3)11(2)10-12-5-7-13(16-14)8-6-12/h1,5-8,11H,9-10H2,2-3H3. The van der Waals surface area contributed by atoms with Gasteiger partial charge in [-0.1, -0.05) is 18.1 Å². The van der Waals surface area contributed by atoms with Crippen molar-refractivity contribution in [1.82, 2.24) is 4.90 Å². The summed E-state index contributed by atoms with van der Waals surface area (Å²) >= 11 is 0.274. The van der Waals surface area contributed by atoms with Crippen LogP contribution in [0.2, 0.25) is 0 Å². The van der Waals surface area contributed by atoms with E-state index in [4.69, 9.17) is 6.42 Å². The highest BCUT2D eigenvalue weighted by atomic mass is 32.2. The normalized spacial score (nSPS) is 12.4. The fourth-order valence-corrected chi connectivity index (χ4v) is 1.71. The molecule has 0 amide bonds. The topological polar surface area (TPSA) is 3.24 Å². The molecular weight excluding hydrogens is 221 g/mol. The average molecular weight is 237 g/mol. The molecule has 1 nitrogen and oxygen atoms in total. The molecule has 0 fully saturated rings. The zero-order chi connectivity index (χ0) is 12.0. The van der Waals surface area contributed by atoms with Crippen LogP contribution in [-0.2, 0) is 6.42 Å². The van der Waals surface area contributed by atoms with Crippen LogP contribution in [-0.4, -0.2) is 24.5 Å². The third-order valence-electron chi connectivity index (χ3n) is 2.64. The van der Waals surface area contributed by atoms with E-state index in [2.05, 4.69) is 17.7 Å². The molecule has 0 aromatic heterocycles. The molecule has 0 heterocycles. The fraction of sp³-hybridized carbons (Fsp3) is 0.385. The predicted molar refractivity (Wildman–Crippen MR) is 68.0 cm³/mol. The van der Waals surface area contributed by atoms with E-state index in [0.717, 1.165) is 6.42 Å². The molecule has 0 spiro atoms. The molecule has 1 rings (SSSR count). The Morgan fingerprint density at radius 2 is 2.06 bits per heavy atom. The van der Waals surface area contributed by atoms with Crippen LogP contribution in [0.15, 0.2) is 29.2 Å². The first-order valence-corrected chi connectivity index (χ1v) is 5.90. The molecule has 0 aliphatic rings. The second-order valence-corrected chi connectivity index (χ2v) is 4.52. The van der Waals surface area contributed by atoms with E-state index in [0.29, 0.717) is 17.5 Å². The van der Waals surface area contributed by atoms with Crippen molar-refractivity contribution in [3.05, 3.63) is 29.8 Å². The van der Waals surface area contributed by atoms with Gasteiger partial charge in [0.1, 0.15) is 0 Å². The van der Waals surface area contributed by atoms with Crippen LogP contribution in [0, 0.1) is 12.3 Å². The summed E-state index contributed by atoms with van der Waals surface area (Å²) < 4.78 is 12.2. The van der Waals surface area contributed by atoms with Gasteiger partial charge in [0.25, 0.3) is 0 Å². The summed E-state index contributed by atoms with van der Waals surface area (Å²) in [4.78, 5) is 2.77. The maximum absolute atomic E-state index is 12.2. The quantitative estimate of drug-likeness (QED) is 0.724. The summed E-state index contributed by atoms with van der Waals surface area (Å²) in [6.07, 6.45) is 6.19. The monoisotopic (exact) mass is 237 g/mol. The lowest BCUT2D eigenvalue weighted by Crippen LogP contribution is -2.31. The van der Waals surface area contributed by atoms with E-state index in [9.17, 15) is 3.89 Å². The summed E-state index contributed by atoms with van der Waals surface area (Å²) in [7, 11) is 2.01. The van der Waals surface area contributed by atoms with Gasteiger partial charge in [-0.15, -0.1) is 6.42 Å². The van der Waals surface area contributed by atoms with Crippen LogP contribution in [0.4, 0.5) is 3.89 Å². The highest BCUT2D eigenvalue weighted by Gasteiger charge is 2.08. The molecule has 0 N–H and O–H groups in total. The van der Waals surface area contributed by atoms with Gasteiger partial charge in [-0.25, -0.2) is 0 Å². The Kier molecular flexibility index (Phi) is 5.37. The van der Waals surface area contributed by atoms with E-state index in [-0.39, 0.29) is 12.1 Å². The van der Waals surface area contributed by atoms with Crippen molar-refractivity contribution in [2.75, 3.05) is 13.6 Å². The Morgan fingerprint density at radius 1 is 1.44 bits per heavy atom. The number of likely N-dealkylation sites (N-methyl/N-ethyl adjacent to an activating group) is 1. The number of hydrogen-bond acceptors (Lipinski definition) is 2. The molecule has 0 saturated carbocycles. The summed E-state index contributed by atoms with van der Waals surface area (Å²) in [6.45, 7) is 2.79. The maximum atomic E-state index is 12.2. The number of benzene rings is 1. The molecule has 1 unspecified atom stereocenters. The van der Waals surface area contributed by atoms with Gasteiger partial charge in [-0.05, 0) is 38.1 Å². The molecule has 0 aliphatic carbocycles. The molecule has 1 aromatic carbocycles. The second-order valence-electron chi connectivity index (χ2n) is 3.89. The summed E-state index contributed by atoms with van der Waals surface area (Å²) in [6, 6.07) is 7.91. The Labute approximate surface area is 101 Å². The first-order chi connectivity index (χ1) is 7.67. The molecule has 86 valence electrons. The molecule has 1 aromatic rings. The molecule has 0 radical (unpaired) electrons. The molecule has 16 heavy (non-hydrogen) atoms. The smallest absolute Gasteiger partial charge is 0.0812 e. The number of hydrogen-bond donors (Lipinski definition) is 0. The van der Waals surface area contributed by atoms with E-state index in [1.54, 1.807) is 12.1 Å². The summed E-state index contributed by atoms with van der Waals surface area (Å²) in [5, 5.41) is 0. The van der Waals surface area contributed by atoms with Crippen LogP contribution in [0.5, 0.6) is 0 Å². The minimum Gasteiger partial charge on any atom is -0.292 e. The van der Waals surface area contributed by atoms with Gasteiger partial charge >= 0.3 is 0 Å². The zero-order valence-corrected chi connectivity index (χ0v) is 10.4. The van der Waals surface area contributed by atoms with Crippen LogP contribution in [0.25, 0.3) is 0 Å². The molecule has 0 aliphatic heterocycles. The lowest BCUT2D eigenvalue weighted by Gasteiger charge is -2.22. The van der Waals surface area contributed by atoms with Crippen molar-refractivity contribution < 1.29 is 3.89 Å². The number of rotatable bonds is 5. The number of halogens is 1. The van der Waals surface area contributed by atoms with Gasteiger partial charge in [0, 0.05) is 10.9 Å². The highest BCUT2D eigenvalue weighted by molar-refractivity contribution is 7.94. The summed E-state index contributed by atoms with van der Waals surface area (Å²) in [5.74, 6) is 2.63. The Bertz CT molecular complexity index is 355. The van der Waals surface area contributed by atoms with Gasteiger partial charge < -0.3 is 0 Å². The lowest BCUT2D eigenvalue weighted by molar-refractivity contribution is 0.287. The van der Waals surface area contributed by atoms with Gasteiger partial charge in [-0.3, -0.25) is 4.90 Å². The molecule has 3 heteroatoms. The molecule has 0 bridgehead atoms. The third-order valence-corrected chi connectivity index (χ3v) is 3.09. The zero-order valence-electron chi connectivity index (χ0n) is 9.61. The number of nitrogens with zero attached hydrogens (tertiary/aromatic N) is 1. The van der Waals surface area contributed by atoms with Crippen molar-refractivity contribution in [2.24, 2.45) is 0 Å². The second kappa shape index (κ2) is 6.57. The third kappa shape index (κ3) is 3.88. The van der Waals surface area contributed by atoms with Crippen LogP contribution in [0.1, 0.15) is 12.5 Å². The van der Waals surface area contributed by atoms with Gasteiger partial charge in [0.15, 0.2) is 0 Å². The van der Waals surface area contributed by atoms with Crippen molar-refractivity contribution >= 4 is 12.1 Å². The van der Waals surface area contributed by atoms with Crippen molar-refractivity contribution in [3.63, 3.8) is 0 Å². The molecule has 1 atom stereocenters. The predicted octanol–water partition coefficient (Wildman–Crippen LogP) is 3.16. The Morgan fingerprint density at radius 3 is 2.56 bits per heavy atom. The maximum Gasteiger partial charge on any atom is 0.0812 e. The SMILES string of the molecule is C#CCN(C)C(C)Cc1ccc(SF)cc1. The van der Waals surface area contributed by atoms with Crippen LogP contribution >= 0.6 is 12.1 Å². The van der Waals surface area contributed by atoms with E-state index >= 15 is 0 Å². The minimum absolute atomic E-state index is 0.274. The van der Waals surface area contributed by atoms with Crippen molar-refractivity contribution in [1.29, 1.82) is 0 Å².